The first-order valence-electron chi connectivity index (χ1n) is 9.64. The Hall–Kier alpha value is -2.22. The van der Waals surface area contributed by atoms with E-state index >= 15 is 0 Å². The molecule has 0 radical (unpaired) electrons. The van der Waals surface area contributed by atoms with Crippen molar-refractivity contribution < 1.29 is 9.59 Å². The topological polar surface area (TPSA) is 82.2 Å². The van der Waals surface area contributed by atoms with Crippen LogP contribution in [0.4, 0.5) is 0 Å². The fourth-order valence-electron chi connectivity index (χ4n) is 4.59. The number of piperidine rings is 1. The van der Waals surface area contributed by atoms with Crippen LogP contribution in [0.3, 0.4) is 0 Å². The van der Waals surface area contributed by atoms with Gasteiger partial charge in [-0.25, -0.2) is 9.97 Å². The summed E-state index contributed by atoms with van der Waals surface area (Å²) < 4.78 is 0. The predicted molar refractivity (Wildman–Crippen MR) is 100 cm³/mol. The summed E-state index contributed by atoms with van der Waals surface area (Å²) >= 11 is 1.40. The maximum Gasteiger partial charge on any atom is 0.265 e. The van der Waals surface area contributed by atoms with Gasteiger partial charge < -0.3 is 14.8 Å². The average Bonchev–Trinajstić information content (AvgIpc) is 3.26. The monoisotopic (exact) mass is 385 g/mol. The number of rotatable bonds is 2. The van der Waals surface area contributed by atoms with Crippen LogP contribution in [0.15, 0.2) is 11.8 Å². The van der Waals surface area contributed by atoms with E-state index in [2.05, 4.69) is 19.9 Å². The molecule has 0 atom stereocenters. The molecule has 3 aliphatic rings. The second-order valence-corrected chi connectivity index (χ2v) is 8.69. The van der Waals surface area contributed by atoms with Crippen molar-refractivity contribution in [1.29, 1.82) is 0 Å². The predicted octanol–water partition coefficient (Wildman–Crippen LogP) is 2.10. The zero-order valence-electron chi connectivity index (χ0n) is 15.4. The Bertz CT molecular complexity index is 892. The van der Waals surface area contributed by atoms with Crippen molar-refractivity contribution in [3.63, 3.8) is 0 Å². The highest BCUT2D eigenvalue weighted by atomic mass is 32.1. The van der Waals surface area contributed by atoms with Crippen molar-refractivity contribution in [2.24, 2.45) is 5.92 Å². The first-order chi connectivity index (χ1) is 13.1. The number of carbonyl (C=O) groups is 2. The molecule has 2 aliphatic heterocycles. The van der Waals surface area contributed by atoms with Crippen molar-refractivity contribution in [1.82, 2.24) is 24.8 Å². The number of imidazole rings is 1. The van der Waals surface area contributed by atoms with Gasteiger partial charge in [-0.1, -0.05) is 0 Å². The molecule has 2 fully saturated rings. The van der Waals surface area contributed by atoms with Crippen molar-refractivity contribution in [2.75, 3.05) is 19.6 Å². The first-order valence-corrected chi connectivity index (χ1v) is 10.5. The number of H-pyrrole nitrogens is 1. The number of aryl methyl sites for hydroxylation is 1. The SMILES string of the molecule is Cc1ncsc1C(=O)N1CCC2(CC1)c1nc[nH]c1CCN2C(=O)C1CC1. The summed E-state index contributed by atoms with van der Waals surface area (Å²) in [5.74, 6) is 0.534. The van der Waals surface area contributed by atoms with Crippen LogP contribution < -0.4 is 0 Å². The molecule has 0 unspecified atom stereocenters. The summed E-state index contributed by atoms with van der Waals surface area (Å²) in [5, 5.41) is 0. The number of likely N-dealkylation sites (tertiary alicyclic amines) is 1. The summed E-state index contributed by atoms with van der Waals surface area (Å²) in [6.45, 7) is 3.89. The van der Waals surface area contributed by atoms with Crippen LogP contribution in [0.25, 0.3) is 0 Å². The Balaban J connectivity index is 1.42. The van der Waals surface area contributed by atoms with E-state index in [1.807, 2.05) is 11.8 Å². The molecule has 0 bridgehead atoms. The van der Waals surface area contributed by atoms with E-state index in [0.29, 0.717) is 13.1 Å². The van der Waals surface area contributed by atoms with Crippen LogP contribution in [0.5, 0.6) is 0 Å². The van der Waals surface area contributed by atoms with Crippen LogP contribution in [-0.2, 0) is 16.8 Å². The van der Waals surface area contributed by atoms with Gasteiger partial charge in [-0.2, -0.15) is 0 Å². The quantitative estimate of drug-likeness (QED) is 0.858. The highest BCUT2D eigenvalue weighted by Crippen LogP contribution is 2.45. The van der Waals surface area contributed by atoms with Crippen molar-refractivity contribution in [2.45, 2.75) is 44.6 Å². The second-order valence-electron chi connectivity index (χ2n) is 7.83. The average molecular weight is 385 g/mol. The van der Waals surface area contributed by atoms with Crippen LogP contribution in [0, 0.1) is 12.8 Å². The maximum atomic E-state index is 13.0. The molecule has 2 aromatic heterocycles. The fourth-order valence-corrected chi connectivity index (χ4v) is 5.36. The molecule has 2 amide bonds. The van der Waals surface area contributed by atoms with E-state index in [1.54, 1.807) is 11.8 Å². The molecule has 8 heteroatoms. The molecular weight excluding hydrogens is 362 g/mol. The lowest BCUT2D eigenvalue weighted by Gasteiger charge is -2.50. The van der Waals surface area contributed by atoms with Crippen molar-refractivity contribution >= 4 is 23.2 Å². The lowest BCUT2D eigenvalue weighted by molar-refractivity contribution is -0.143. The minimum absolute atomic E-state index is 0.0583. The molecular formula is C19H23N5O2S. The lowest BCUT2D eigenvalue weighted by atomic mass is 9.78. The van der Waals surface area contributed by atoms with Crippen LogP contribution >= 0.6 is 11.3 Å². The third kappa shape index (κ3) is 2.61. The largest absolute Gasteiger partial charge is 0.348 e. The number of thiazole rings is 1. The number of aromatic nitrogens is 3. The Kier molecular flexibility index (Phi) is 3.86. The molecule has 5 rings (SSSR count). The number of fused-ring (bicyclic) bond motifs is 2. The number of carbonyl (C=O) groups excluding carboxylic acids is 2. The summed E-state index contributed by atoms with van der Waals surface area (Å²) in [5.41, 5.74) is 4.31. The molecule has 1 aliphatic carbocycles. The highest BCUT2D eigenvalue weighted by molar-refractivity contribution is 7.11. The minimum atomic E-state index is -0.368. The third-order valence-corrected chi connectivity index (χ3v) is 7.19. The van der Waals surface area contributed by atoms with Crippen LogP contribution in [-0.4, -0.2) is 56.2 Å². The first kappa shape index (κ1) is 16.9. The van der Waals surface area contributed by atoms with Crippen LogP contribution in [0.2, 0.25) is 0 Å². The fraction of sp³-hybridized carbons (Fsp3) is 0.579. The third-order valence-electron chi connectivity index (χ3n) is 6.27. The van der Waals surface area contributed by atoms with Gasteiger partial charge in [0.1, 0.15) is 4.88 Å². The maximum absolute atomic E-state index is 13.0. The zero-order valence-corrected chi connectivity index (χ0v) is 16.2. The molecule has 2 aromatic rings. The number of nitrogens with zero attached hydrogens (tertiary/aromatic N) is 4. The molecule has 7 nitrogen and oxygen atoms in total. The van der Waals surface area contributed by atoms with E-state index in [0.717, 1.165) is 60.6 Å². The van der Waals surface area contributed by atoms with Crippen LogP contribution in [0.1, 0.15) is 52.4 Å². The highest BCUT2D eigenvalue weighted by Gasteiger charge is 2.51. The summed E-state index contributed by atoms with van der Waals surface area (Å²) in [6, 6.07) is 0. The molecule has 1 saturated heterocycles. The Morgan fingerprint density at radius 3 is 2.67 bits per heavy atom. The van der Waals surface area contributed by atoms with Crippen molar-refractivity contribution in [3.05, 3.63) is 33.8 Å². The Morgan fingerprint density at radius 2 is 2.00 bits per heavy atom. The number of hydrogen-bond donors (Lipinski definition) is 1. The Labute approximate surface area is 161 Å². The molecule has 27 heavy (non-hydrogen) atoms. The van der Waals surface area contributed by atoms with E-state index < -0.39 is 0 Å². The molecule has 1 spiro atoms. The van der Waals surface area contributed by atoms with E-state index in [1.165, 1.54) is 11.3 Å². The van der Waals surface area contributed by atoms with Gasteiger partial charge in [-0.05, 0) is 32.6 Å². The number of nitrogens with one attached hydrogen (secondary N) is 1. The zero-order chi connectivity index (χ0) is 18.6. The molecule has 1 N–H and O–H groups in total. The number of amides is 2. The lowest BCUT2D eigenvalue weighted by Crippen LogP contribution is -2.59. The number of aromatic amines is 1. The van der Waals surface area contributed by atoms with E-state index in [9.17, 15) is 9.59 Å². The van der Waals surface area contributed by atoms with Gasteiger partial charge in [0.15, 0.2) is 0 Å². The summed E-state index contributed by atoms with van der Waals surface area (Å²) in [4.78, 5) is 42.7. The van der Waals surface area contributed by atoms with Gasteiger partial charge in [-0.15, -0.1) is 11.3 Å². The molecule has 1 saturated carbocycles. The van der Waals surface area contributed by atoms with E-state index in [-0.39, 0.29) is 23.3 Å². The smallest absolute Gasteiger partial charge is 0.265 e. The molecule has 142 valence electrons. The van der Waals surface area contributed by atoms with Gasteiger partial charge >= 0.3 is 0 Å². The summed E-state index contributed by atoms with van der Waals surface area (Å²) in [6.07, 6.45) is 6.08. The normalized spacial score (nSPS) is 21.4. The van der Waals surface area contributed by atoms with Gasteiger partial charge in [-0.3, -0.25) is 9.59 Å². The van der Waals surface area contributed by atoms with Crippen molar-refractivity contribution in [3.8, 4) is 0 Å². The van der Waals surface area contributed by atoms with Gasteiger partial charge in [0.25, 0.3) is 5.91 Å². The molecule has 0 aromatic carbocycles. The Morgan fingerprint density at radius 1 is 1.22 bits per heavy atom. The summed E-state index contributed by atoms with van der Waals surface area (Å²) in [7, 11) is 0. The standard InChI is InChI=1S/C19H23N5O2S/c1-12-15(27-11-22-12)18(26)23-8-5-19(6-9-23)16-14(20-10-21-16)4-7-24(19)17(25)13-2-3-13/h10-11,13H,2-9H2,1H3,(H,20,21). The van der Waals surface area contributed by atoms with Gasteiger partial charge in [0.05, 0.1) is 28.8 Å². The molecule has 4 heterocycles. The van der Waals surface area contributed by atoms with Gasteiger partial charge in [0, 0.05) is 37.7 Å². The minimum Gasteiger partial charge on any atom is -0.348 e. The number of hydrogen-bond acceptors (Lipinski definition) is 5. The second kappa shape index (κ2) is 6.15. The van der Waals surface area contributed by atoms with Gasteiger partial charge in [0.2, 0.25) is 5.91 Å². The van der Waals surface area contributed by atoms with E-state index in [4.69, 9.17) is 0 Å².